The minimum atomic E-state index is -0.302. The molecule has 5 nitrogen and oxygen atoms in total. The van der Waals surface area contributed by atoms with Crippen LogP contribution in [0.5, 0.6) is 0 Å². The van der Waals surface area contributed by atoms with Gasteiger partial charge in [-0.15, -0.1) is 0 Å². The third kappa shape index (κ3) is 4.20. The summed E-state index contributed by atoms with van der Waals surface area (Å²) in [7, 11) is 0. The highest BCUT2D eigenvalue weighted by molar-refractivity contribution is 5.52. The van der Waals surface area contributed by atoms with Gasteiger partial charge in [0.15, 0.2) is 0 Å². The molecular weight excluding hydrogens is 309 g/mol. The molecule has 1 aromatic carbocycles. The minimum absolute atomic E-state index is 0.296. The van der Waals surface area contributed by atoms with Gasteiger partial charge in [-0.3, -0.25) is 9.80 Å². The van der Waals surface area contributed by atoms with Crippen molar-refractivity contribution in [3.63, 3.8) is 0 Å². The molecule has 1 saturated heterocycles. The smallest absolute Gasteiger partial charge is 0.226 e. The van der Waals surface area contributed by atoms with E-state index in [1.165, 1.54) is 12.1 Å². The second-order valence-electron chi connectivity index (χ2n) is 6.58. The first-order valence-corrected chi connectivity index (χ1v) is 8.36. The monoisotopic (exact) mass is 333 g/mol. The van der Waals surface area contributed by atoms with Gasteiger partial charge in [0.1, 0.15) is 12.1 Å². The zero-order valence-corrected chi connectivity index (χ0v) is 14.2. The Balaban J connectivity index is 1.60. The third-order valence-corrected chi connectivity index (χ3v) is 4.36. The van der Waals surface area contributed by atoms with Crippen molar-refractivity contribution in [1.29, 1.82) is 0 Å². The fourth-order valence-corrected chi connectivity index (χ4v) is 3.19. The van der Waals surface area contributed by atoms with E-state index < -0.39 is 0 Å². The number of oxazole rings is 1. The lowest BCUT2D eigenvalue weighted by molar-refractivity contribution is 0.0418. The van der Waals surface area contributed by atoms with Gasteiger partial charge in [0, 0.05) is 44.3 Å². The Kier molecular flexibility index (Phi) is 5.28. The predicted molar refractivity (Wildman–Crippen MR) is 89.9 cm³/mol. The summed E-state index contributed by atoms with van der Waals surface area (Å²) < 4.78 is 18.8. The maximum absolute atomic E-state index is 13.3. The van der Waals surface area contributed by atoms with Crippen molar-refractivity contribution in [3.8, 4) is 11.5 Å². The highest BCUT2D eigenvalue weighted by atomic mass is 19.1. The van der Waals surface area contributed by atoms with Crippen LogP contribution in [-0.2, 0) is 6.54 Å². The number of benzene rings is 1. The summed E-state index contributed by atoms with van der Waals surface area (Å²) in [6.45, 7) is 8.21. The Bertz CT molecular complexity index is 674. The van der Waals surface area contributed by atoms with Gasteiger partial charge in [-0.1, -0.05) is 6.07 Å². The van der Waals surface area contributed by atoms with E-state index >= 15 is 0 Å². The lowest BCUT2D eigenvalue weighted by Gasteiger charge is -2.40. The highest BCUT2D eigenvalue weighted by Gasteiger charge is 2.25. The van der Waals surface area contributed by atoms with Crippen LogP contribution in [-0.4, -0.2) is 58.2 Å². The Morgan fingerprint density at radius 1 is 1.42 bits per heavy atom. The molecule has 2 aromatic rings. The number of aromatic nitrogens is 1. The summed E-state index contributed by atoms with van der Waals surface area (Å²) >= 11 is 0. The third-order valence-electron chi connectivity index (χ3n) is 4.36. The van der Waals surface area contributed by atoms with E-state index in [4.69, 9.17) is 4.42 Å². The van der Waals surface area contributed by atoms with Crippen LogP contribution in [0.3, 0.4) is 0 Å². The molecule has 6 heteroatoms. The Morgan fingerprint density at radius 2 is 2.25 bits per heavy atom. The van der Waals surface area contributed by atoms with E-state index in [0.29, 0.717) is 30.6 Å². The summed E-state index contributed by atoms with van der Waals surface area (Å²) in [6, 6.07) is 6.66. The summed E-state index contributed by atoms with van der Waals surface area (Å²) in [6.07, 6.45) is 1.34. The van der Waals surface area contributed by atoms with Crippen LogP contribution in [0.25, 0.3) is 11.5 Å². The zero-order chi connectivity index (χ0) is 17.1. The second-order valence-corrected chi connectivity index (χ2v) is 6.58. The molecule has 2 heterocycles. The number of aliphatic hydroxyl groups excluding tert-OH is 1. The van der Waals surface area contributed by atoms with Crippen molar-refractivity contribution < 1.29 is 13.9 Å². The summed E-state index contributed by atoms with van der Waals surface area (Å²) in [4.78, 5) is 9.12. The molecule has 1 aliphatic rings. The highest BCUT2D eigenvalue weighted by Crippen LogP contribution is 2.21. The lowest BCUT2D eigenvalue weighted by Crippen LogP contribution is -2.53. The maximum atomic E-state index is 13.3. The molecule has 0 radical (unpaired) electrons. The van der Waals surface area contributed by atoms with Gasteiger partial charge < -0.3 is 9.52 Å². The molecule has 1 N–H and O–H groups in total. The zero-order valence-electron chi connectivity index (χ0n) is 14.2. The van der Waals surface area contributed by atoms with Gasteiger partial charge in [0.25, 0.3) is 0 Å². The predicted octanol–water partition coefficient (Wildman–Crippen LogP) is 2.37. The topological polar surface area (TPSA) is 52.7 Å². The van der Waals surface area contributed by atoms with Crippen molar-refractivity contribution in [2.75, 3.05) is 26.2 Å². The summed E-state index contributed by atoms with van der Waals surface area (Å²) in [5, 5.41) is 9.55. The van der Waals surface area contributed by atoms with E-state index in [-0.39, 0.29) is 11.9 Å². The van der Waals surface area contributed by atoms with Crippen LogP contribution in [0.2, 0.25) is 0 Å². The Hall–Kier alpha value is -1.76. The molecule has 3 rings (SSSR count). The number of hydrogen-bond acceptors (Lipinski definition) is 5. The molecule has 24 heavy (non-hydrogen) atoms. The van der Waals surface area contributed by atoms with Crippen molar-refractivity contribution in [2.45, 2.75) is 32.5 Å². The molecule has 1 aliphatic heterocycles. The van der Waals surface area contributed by atoms with Gasteiger partial charge in [-0.2, -0.15) is 0 Å². The normalized spacial score (nSPS) is 21.1. The fraction of sp³-hybridized carbons (Fsp3) is 0.500. The van der Waals surface area contributed by atoms with Crippen molar-refractivity contribution in [3.05, 3.63) is 42.0 Å². The van der Waals surface area contributed by atoms with E-state index in [0.717, 1.165) is 25.3 Å². The number of rotatable bonds is 5. The first kappa shape index (κ1) is 17.1. The molecule has 0 saturated carbocycles. The molecule has 0 bridgehead atoms. The van der Waals surface area contributed by atoms with Crippen LogP contribution in [0, 0.1) is 5.82 Å². The molecule has 0 unspecified atom stereocenters. The summed E-state index contributed by atoms with van der Waals surface area (Å²) in [5.41, 5.74) is 1.50. The molecule has 0 spiro atoms. The number of nitrogens with zero attached hydrogens (tertiary/aromatic N) is 3. The standard InChI is InChI=1S/C18H24FN3O2/c1-13-9-21(6-7-22(13)10-14(2)23)11-17-12-24-18(20-17)15-4-3-5-16(19)8-15/h3-5,8,12-14,23H,6-7,9-11H2,1-2H3/t13-,14+/m1/s1. The van der Waals surface area contributed by atoms with E-state index in [1.807, 2.05) is 6.92 Å². The van der Waals surface area contributed by atoms with Gasteiger partial charge in [0.05, 0.1) is 11.8 Å². The van der Waals surface area contributed by atoms with Crippen LogP contribution in [0.15, 0.2) is 34.9 Å². The van der Waals surface area contributed by atoms with Gasteiger partial charge in [-0.25, -0.2) is 9.37 Å². The second kappa shape index (κ2) is 7.42. The molecule has 2 atom stereocenters. The summed E-state index contributed by atoms with van der Waals surface area (Å²) in [5.74, 6) is 0.153. The van der Waals surface area contributed by atoms with Gasteiger partial charge in [0.2, 0.25) is 5.89 Å². The number of hydrogen-bond donors (Lipinski definition) is 1. The van der Waals surface area contributed by atoms with Crippen LogP contribution < -0.4 is 0 Å². The molecular formula is C18H24FN3O2. The Labute approximate surface area is 141 Å². The van der Waals surface area contributed by atoms with Crippen LogP contribution in [0.4, 0.5) is 4.39 Å². The average Bonchev–Trinajstić information content (AvgIpc) is 2.98. The molecule has 1 fully saturated rings. The maximum Gasteiger partial charge on any atom is 0.226 e. The fourth-order valence-electron chi connectivity index (χ4n) is 3.19. The average molecular weight is 333 g/mol. The minimum Gasteiger partial charge on any atom is -0.444 e. The van der Waals surface area contributed by atoms with Gasteiger partial charge >= 0.3 is 0 Å². The number of piperazine rings is 1. The van der Waals surface area contributed by atoms with Crippen LogP contribution in [0.1, 0.15) is 19.5 Å². The molecule has 0 amide bonds. The van der Waals surface area contributed by atoms with E-state index in [2.05, 4.69) is 21.7 Å². The largest absolute Gasteiger partial charge is 0.444 e. The number of β-amino-alcohol motifs (C(OH)–C–C–N with tert-alkyl or cyclic N) is 1. The molecule has 0 aliphatic carbocycles. The number of aliphatic hydroxyl groups is 1. The van der Waals surface area contributed by atoms with Crippen molar-refractivity contribution in [2.24, 2.45) is 0 Å². The van der Waals surface area contributed by atoms with E-state index in [9.17, 15) is 9.50 Å². The quantitative estimate of drug-likeness (QED) is 0.910. The first-order chi connectivity index (χ1) is 11.5. The molecule has 130 valence electrons. The first-order valence-electron chi connectivity index (χ1n) is 8.36. The van der Waals surface area contributed by atoms with E-state index in [1.54, 1.807) is 18.4 Å². The lowest BCUT2D eigenvalue weighted by atomic mass is 10.1. The Morgan fingerprint density at radius 3 is 2.96 bits per heavy atom. The number of halogens is 1. The van der Waals surface area contributed by atoms with Crippen molar-refractivity contribution in [1.82, 2.24) is 14.8 Å². The SMILES string of the molecule is C[C@H](O)CN1CCN(Cc2coc(-c3cccc(F)c3)n2)C[C@H]1C. The van der Waals surface area contributed by atoms with Gasteiger partial charge in [-0.05, 0) is 32.0 Å². The molecule has 1 aromatic heterocycles. The van der Waals surface area contributed by atoms with Crippen LogP contribution >= 0.6 is 0 Å². The van der Waals surface area contributed by atoms with Crippen molar-refractivity contribution >= 4 is 0 Å².